The van der Waals surface area contributed by atoms with E-state index in [-0.39, 0.29) is 12.1 Å². The summed E-state index contributed by atoms with van der Waals surface area (Å²) in [4.78, 5) is 4.46. The Balaban J connectivity index is 1.58. The maximum atomic E-state index is 13.0. The van der Waals surface area contributed by atoms with Crippen LogP contribution in [0.5, 0.6) is 5.88 Å². The summed E-state index contributed by atoms with van der Waals surface area (Å²) in [7, 11) is 0. The van der Waals surface area contributed by atoms with Gasteiger partial charge in [-0.25, -0.2) is 9.37 Å². The molecule has 0 aliphatic carbocycles. The first-order valence-electron chi connectivity index (χ1n) is 9.18. The van der Waals surface area contributed by atoms with E-state index in [1.807, 2.05) is 6.07 Å². The van der Waals surface area contributed by atoms with Gasteiger partial charge in [0.1, 0.15) is 11.3 Å². The van der Waals surface area contributed by atoms with Crippen LogP contribution in [0.15, 0.2) is 36.5 Å². The fourth-order valence-electron chi connectivity index (χ4n) is 3.48. The zero-order valence-corrected chi connectivity index (χ0v) is 15.6. The fraction of sp³-hybridized carbons (Fsp3) is 0.381. The number of pyridine rings is 1. The van der Waals surface area contributed by atoms with Crippen molar-refractivity contribution in [3.05, 3.63) is 59.2 Å². The van der Waals surface area contributed by atoms with Gasteiger partial charge in [-0.05, 0) is 43.2 Å². The van der Waals surface area contributed by atoms with Crippen molar-refractivity contribution in [2.45, 2.75) is 33.1 Å². The van der Waals surface area contributed by atoms with Crippen LogP contribution < -0.4 is 4.74 Å². The molecule has 1 aliphatic rings. The van der Waals surface area contributed by atoms with Crippen LogP contribution in [0.3, 0.4) is 0 Å². The van der Waals surface area contributed by atoms with Gasteiger partial charge in [0.25, 0.3) is 0 Å². The molecule has 1 aromatic carbocycles. The molecule has 0 N–H and O–H groups in total. The lowest BCUT2D eigenvalue weighted by molar-refractivity contribution is -0.0520. The summed E-state index contributed by atoms with van der Waals surface area (Å²) >= 11 is 0. The lowest BCUT2D eigenvalue weighted by Crippen LogP contribution is -2.18. The Labute approximate surface area is 157 Å². The van der Waals surface area contributed by atoms with Crippen LogP contribution in [0, 0.1) is 19.7 Å². The number of halogens is 1. The molecular weight excluding hydrogens is 347 g/mol. The topological polar surface area (TPSA) is 45.5 Å². The Bertz CT molecular complexity index is 931. The molecule has 0 radical (unpaired) electrons. The van der Waals surface area contributed by atoms with Crippen molar-refractivity contribution in [1.29, 1.82) is 0 Å². The minimum atomic E-state index is -0.244. The number of benzene rings is 1. The molecule has 0 amide bonds. The van der Waals surface area contributed by atoms with Crippen molar-refractivity contribution in [2.75, 3.05) is 19.8 Å². The van der Waals surface area contributed by atoms with Gasteiger partial charge in [-0.3, -0.25) is 0 Å². The SMILES string of the molecule is Cc1c(C)n(CC2OCCO2)c2c(OCCc3ccc(F)cc3)nccc12. The van der Waals surface area contributed by atoms with Gasteiger partial charge in [-0.2, -0.15) is 0 Å². The highest BCUT2D eigenvalue weighted by Gasteiger charge is 2.22. The number of hydrogen-bond acceptors (Lipinski definition) is 4. The standard InChI is InChI=1S/C21H23FN2O3/c1-14-15(2)24(13-19-25-11-12-26-19)20-18(14)7-9-23-21(20)27-10-8-16-3-5-17(22)6-4-16/h3-7,9,19H,8,10-13H2,1-2H3. The molecule has 0 spiro atoms. The third kappa shape index (κ3) is 3.68. The second-order valence-electron chi connectivity index (χ2n) is 6.73. The van der Waals surface area contributed by atoms with E-state index in [1.54, 1.807) is 18.3 Å². The van der Waals surface area contributed by atoms with E-state index in [1.165, 1.54) is 17.7 Å². The van der Waals surface area contributed by atoms with Crippen LogP contribution in [0.2, 0.25) is 0 Å². The molecule has 0 saturated carbocycles. The quantitative estimate of drug-likeness (QED) is 0.662. The number of ether oxygens (including phenoxy) is 3. The van der Waals surface area contributed by atoms with E-state index in [9.17, 15) is 4.39 Å². The monoisotopic (exact) mass is 370 g/mol. The number of aromatic nitrogens is 2. The first-order valence-corrected chi connectivity index (χ1v) is 9.18. The van der Waals surface area contributed by atoms with Gasteiger partial charge >= 0.3 is 0 Å². The minimum Gasteiger partial charge on any atom is -0.476 e. The smallest absolute Gasteiger partial charge is 0.238 e. The molecule has 0 atom stereocenters. The second kappa shape index (κ2) is 7.66. The average molecular weight is 370 g/mol. The van der Waals surface area contributed by atoms with Crippen LogP contribution in [0.25, 0.3) is 10.9 Å². The predicted octanol–water partition coefficient (Wildman–Crippen LogP) is 3.79. The Morgan fingerprint density at radius 2 is 1.89 bits per heavy atom. The average Bonchev–Trinajstić information content (AvgIpc) is 3.27. The molecule has 142 valence electrons. The molecule has 4 rings (SSSR count). The molecule has 6 heteroatoms. The van der Waals surface area contributed by atoms with Crippen molar-refractivity contribution in [3.63, 3.8) is 0 Å². The summed E-state index contributed by atoms with van der Waals surface area (Å²) in [6.07, 6.45) is 2.21. The molecule has 3 heterocycles. The van der Waals surface area contributed by atoms with Gasteiger partial charge in [0, 0.05) is 23.7 Å². The fourth-order valence-corrected chi connectivity index (χ4v) is 3.48. The number of hydrogen-bond donors (Lipinski definition) is 0. The Morgan fingerprint density at radius 1 is 1.15 bits per heavy atom. The summed E-state index contributed by atoms with van der Waals surface area (Å²) < 4.78 is 32.5. The zero-order valence-electron chi connectivity index (χ0n) is 15.6. The lowest BCUT2D eigenvalue weighted by atomic mass is 10.1. The number of rotatable bonds is 6. The van der Waals surface area contributed by atoms with Gasteiger partial charge in [-0.1, -0.05) is 12.1 Å². The molecular formula is C21H23FN2O3. The highest BCUT2D eigenvalue weighted by molar-refractivity contribution is 5.88. The van der Waals surface area contributed by atoms with Gasteiger partial charge in [0.2, 0.25) is 5.88 Å². The van der Waals surface area contributed by atoms with Gasteiger partial charge in [-0.15, -0.1) is 0 Å². The molecule has 27 heavy (non-hydrogen) atoms. The molecule has 5 nitrogen and oxygen atoms in total. The number of fused-ring (bicyclic) bond motifs is 1. The van der Waals surface area contributed by atoms with E-state index >= 15 is 0 Å². The predicted molar refractivity (Wildman–Crippen MR) is 100 cm³/mol. The minimum absolute atomic E-state index is 0.230. The normalized spacial score (nSPS) is 14.9. The lowest BCUT2D eigenvalue weighted by Gasteiger charge is -2.15. The maximum absolute atomic E-state index is 13.0. The van der Waals surface area contributed by atoms with Crippen molar-refractivity contribution < 1.29 is 18.6 Å². The molecule has 0 unspecified atom stereocenters. The van der Waals surface area contributed by atoms with E-state index in [2.05, 4.69) is 23.4 Å². The van der Waals surface area contributed by atoms with Crippen molar-refractivity contribution in [2.24, 2.45) is 0 Å². The van der Waals surface area contributed by atoms with Gasteiger partial charge in [0.05, 0.1) is 26.4 Å². The Morgan fingerprint density at radius 3 is 2.63 bits per heavy atom. The van der Waals surface area contributed by atoms with Gasteiger partial charge < -0.3 is 18.8 Å². The summed E-state index contributed by atoms with van der Waals surface area (Å²) in [5.74, 6) is 0.370. The molecule has 1 fully saturated rings. The van der Waals surface area contributed by atoms with Crippen LogP contribution in [0.4, 0.5) is 4.39 Å². The third-order valence-corrected chi connectivity index (χ3v) is 5.08. The first-order chi connectivity index (χ1) is 13.1. The highest BCUT2D eigenvalue weighted by Crippen LogP contribution is 2.31. The van der Waals surface area contributed by atoms with Crippen molar-refractivity contribution >= 4 is 10.9 Å². The number of aryl methyl sites for hydroxylation is 1. The second-order valence-corrected chi connectivity index (χ2v) is 6.73. The summed E-state index contributed by atoms with van der Waals surface area (Å²) in [5, 5.41) is 1.12. The summed E-state index contributed by atoms with van der Waals surface area (Å²) in [6.45, 7) is 6.52. The van der Waals surface area contributed by atoms with Crippen molar-refractivity contribution in [1.82, 2.24) is 9.55 Å². The molecule has 0 bridgehead atoms. The molecule has 1 saturated heterocycles. The summed E-state index contributed by atoms with van der Waals surface area (Å²) in [6, 6.07) is 8.50. The zero-order chi connectivity index (χ0) is 18.8. The van der Waals surface area contributed by atoms with Crippen LogP contribution >= 0.6 is 0 Å². The largest absolute Gasteiger partial charge is 0.476 e. The van der Waals surface area contributed by atoms with Crippen LogP contribution in [0.1, 0.15) is 16.8 Å². The Hall–Kier alpha value is -2.44. The maximum Gasteiger partial charge on any atom is 0.238 e. The van der Waals surface area contributed by atoms with E-state index in [0.29, 0.717) is 38.7 Å². The van der Waals surface area contributed by atoms with E-state index in [4.69, 9.17) is 14.2 Å². The van der Waals surface area contributed by atoms with E-state index in [0.717, 1.165) is 22.2 Å². The van der Waals surface area contributed by atoms with Crippen LogP contribution in [-0.4, -0.2) is 35.7 Å². The molecule has 3 aromatic rings. The summed E-state index contributed by atoms with van der Waals surface area (Å²) in [5.41, 5.74) is 4.35. The van der Waals surface area contributed by atoms with Crippen LogP contribution in [-0.2, 0) is 22.4 Å². The third-order valence-electron chi connectivity index (χ3n) is 5.08. The van der Waals surface area contributed by atoms with Crippen molar-refractivity contribution in [3.8, 4) is 5.88 Å². The Kier molecular flexibility index (Phi) is 5.09. The number of nitrogens with zero attached hydrogens (tertiary/aromatic N) is 2. The molecule has 2 aromatic heterocycles. The van der Waals surface area contributed by atoms with E-state index < -0.39 is 0 Å². The van der Waals surface area contributed by atoms with Gasteiger partial charge in [0.15, 0.2) is 6.29 Å². The molecule has 1 aliphatic heterocycles. The highest BCUT2D eigenvalue weighted by atomic mass is 19.1. The first kappa shape index (κ1) is 17.9.